The standard InChI is InChI=1S/C19H20N4O5.CH4O3S/c1-9-17(26)11(8-24)14-16(18(9)27)22-13-10(4-5-12(25)15(13)21-14)19(28)20-6-7-23(2)3;1-5(2,3)4/h4-5,8,22,24,26H,6-7H2,1-3H3,(H,20,28);1H3,(H,2,3,4). The first-order valence-electron chi connectivity index (χ1n) is 9.48. The molecule has 0 spiro atoms. The SMILES string of the molecule is CS(=O)(=O)O.Cc1c(O)c(=CO)c2nc3c(=O)ccc(C(=O)NCCN(C)C)c3[nH]c2c1=O. The molecular weight excluding hydrogens is 456 g/mol. The smallest absolute Gasteiger partial charge is 0.261 e. The highest BCUT2D eigenvalue weighted by Crippen LogP contribution is 2.17. The van der Waals surface area contributed by atoms with Crippen LogP contribution in [0.4, 0.5) is 0 Å². The van der Waals surface area contributed by atoms with Crippen molar-refractivity contribution in [1.82, 2.24) is 20.2 Å². The Labute approximate surface area is 187 Å². The third-order valence-electron chi connectivity index (χ3n) is 4.50. The predicted octanol–water partition coefficient (Wildman–Crippen LogP) is -0.739. The molecule has 3 rings (SSSR count). The minimum Gasteiger partial charge on any atom is -0.515 e. The number of H-pyrrole nitrogens is 1. The minimum atomic E-state index is -3.67. The van der Waals surface area contributed by atoms with Crippen molar-refractivity contribution in [1.29, 1.82) is 0 Å². The third kappa shape index (κ3) is 6.03. The number of aromatic hydroxyl groups is 1. The van der Waals surface area contributed by atoms with Crippen LogP contribution in [0.2, 0.25) is 0 Å². The van der Waals surface area contributed by atoms with Crippen LogP contribution in [0.25, 0.3) is 28.3 Å². The van der Waals surface area contributed by atoms with E-state index in [0.717, 1.165) is 0 Å². The van der Waals surface area contributed by atoms with Crippen LogP contribution in [0, 0.1) is 6.92 Å². The van der Waals surface area contributed by atoms with Gasteiger partial charge in [-0.25, -0.2) is 4.98 Å². The summed E-state index contributed by atoms with van der Waals surface area (Å²) >= 11 is 0. The van der Waals surface area contributed by atoms with Crippen molar-refractivity contribution in [2.45, 2.75) is 6.92 Å². The lowest BCUT2D eigenvalue weighted by molar-refractivity contribution is 0.0952. The van der Waals surface area contributed by atoms with Gasteiger partial charge >= 0.3 is 0 Å². The molecule has 0 radical (unpaired) electrons. The number of phenolic OH excluding ortho intramolecular Hbond substituents is 1. The number of benzene rings is 2. The highest BCUT2D eigenvalue weighted by atomic mass is 32.2. The zero-order valence-electron chi connectivity index (χ0n) is 18.3. The average Bonchev–Trinajstić information content (AvgIpc) is 2.70. The van der Waals surface area contributed by atoms with E-state index in [1.807, 2.05) is 19.0 Å². The summed E-state index contributed by atoms with van der Waals surface area (Å²) in [4.78, 5) is 46.3. The molecule has 1 heterocycles. The summed E-state index contributed by atoms with van der Waals surface area (Å²) in [5, 5.41) is 22.3. The van der Waals surface area contributed by atoms with E-state index in [0.29, 0.717) is 25.6 Å². The van der Waals surface area contributed by atoms with Crippen LogP contribution >= 0.6 is 0 Å². The second kappa shape index (κ2) is 9.94. The molecule has 0 fully saturated rings. The van der Waals surface area contributed by atoms with Crippen LogP contribution in [0.1, 0.15) is 15.9 Å². The Balaban J connectivity index is 0.000000696. The van der Waals surface area contributed by atoms with Crippen LogP contribution in [0.15, 0.2) is 21.7 Å². The Bertz CT molecular complexity index is 1490. The molecule has 1 aromatic heterocycles. The van der Waals surface area contributed by atoms with Crippen LogP contribution in [-0.4, -0.2) is 77.4 Å². The number of nitrogens with one attached hydrogen (secondary N) is 2. The fourth-order valence-electron chi connectivity index (χ4n) is 2.93. The zero-order valence-corrected chi connectivity index (χ0v) is 19.1. The van der Waals surface area contributed by atoms with E-state index in [2.05, 4.69) is 15.3 Å². The summed E-state index contributed by atoms with van der Waals surface area (Å²) in [5.74, 6) is -0.827. The number of hydrogen-bond donors (Lipinski definition) is 5. The fourth-order valence-corrected chi connectivity index (χ4v) is 2.93. The summed E-state index contributed by atoms with van der Waals surface area (Å²) < 4.78 is 25.9. The van der Waals surface area contributed by atoms with Gasteiger partial charge in [0.15, 0.2) is 0 Å². The molecule has 0 aliphatic heterocycles. The molecule has 178 valence electrons. The number of aromatic nitrogens is 2. The van der Waals surface area contributed by atoms with E-state index in [1.165, 1.54) is 19.1 Å². The second-order valence-corrected chi connectivity index (χ2v) is 8.90. The molecule has 3 aromatic rings. The number of aliphatic hydroxyl groups is 1. The number of carbonyl (C=O) groups is 1. The number of likely N-dealkylation sites (N-methyl/N-ethyl adjacent to an activating group) is 1. The normalized spacial score (nSPS) is 12.1. The molecule has 0 atom stereocenters. The summed E-state index contributed by atoms with van der Waals surface area (Å²) in [6, 6.07) is 2.58. The van der Waals surface area contributed by atoms with Gasteiger partial charge in [-0.15, -0.1) is 0 Å². The van der Waals surface area contributed by atoms with Gasteiger partial charge in [-0.05, 0) is 33.2 Å². The average molecular weight is 480 g/mol. The van der Waals surface area contributed by atoms with Crippen LogP contribution in [-0.2, 0) is 10.1 Å². The Kier molecular flexibility index (Phi) is 7.74. The van der Waals surface area contributed by atoms with Crippen LogP contribution in [0.5, 0.6) is 5.75 Å². The Morgan fingerprint density at radius 1 is 1.21 bits per heavy atom. The lowest BCUT2D eigenvalue weighted by atomic mass is 10.1. The molecule has 12 nitrogen and oxygen atoms in total. The summed E-state index contributed by atoms with van der Waals surface area (Å²) in [6.45, 7) is 2.44. The van der Waals surface area contributed by atoms with Gasteiger partial charge in [0.1, 0.15) is 22.3 Å². The van der Waals surface area contributed by atoms with Crippen molar-refractivity contribution in [2.24, 2.45) is 0 Å². The molecule has 0 saturated carbocycles. The first-order chi connectivity index (χ1) is 15.3. The number of aliphatic hydroxyl groups excluding tert-OH is 1. The number of aromatic amines is 1. The molecule has 2 aromatic carbocycles. The highest BCUT2D eigenvalue weighted by molar-refractivity contribution is 7.85. The minimum absolute atomic E-state index is 0.0143. The van der Waals surface area contributed by atoms with Gasteiger partial charge in [-0.2, -0.15) is 8.42 Å². The highest BCUT2D eigenvalue weighted by Gasteiger charge is 2.18. The van der Waals surface area contributed by atoms with Crippen molar-refractivity contribution in [3.63, 3.8) is 0 Å². The van der Waals surface area contributed by atoms with Gasteiger partial charge < -0.3 is 25.4 Å². The summed E-state index contributed by atoms with van der Waals surface area (Å²) in [6.07, 6.45) is 1.34. The van der Waals surface area contributed by atoms with Gasteiger partial charge in [-0.1, -0.05) is 0 Å². The molecule has 33 heavy (non-hydrogen) atoms. The lowest BCUT2D eigenvalue weighted by Crippen LogP contribution is -2.32. The van der Waals surface area contributed by atoms with Gasteiger partial charge in [0, 0.05) is 18.7 Å². The van der Waals surface area contributed by atoms with E-state index < -0.39 is 32.6 Å². The molecule has 0 bridgehead atoms. The quantitative estimate of drug-likeness (QED) is 0.235. The maximum Gasteiger partial charge on any atom is 0.261 e. The number of carbonyl (C=O) groups excluding carboxylic acids is 1. The number of fused-ring (bicyclic) bond motifs is 2. The molecule has 0 unspecified atom stereocenters. The topological polar surface area (TPSA) is 190 Å². The summed E-state index contributed by atoms with van der Waals surface area (Å²) in [7, 11) is 0.0851. The lowest BCUT2D eigenvalue weighted by Gasteiger charge is -2.12. The van der Waals surface area contributed by atoms with E-state index in [-0.39, 0.29) is 38.4 Å². The molecule has 0 aliphatic carbocycles. The van der Waals surface area contributed by atoms with Crippen LogP contribution < -0.4 is 21.4 Å². The number of phenols is 1. The number of rotatable bonds is 4. The van der Waals surface area contributed by atoms with Crippen molar-refractivity contribution in [3.05, 3.63) is 48.9 Å². The van der Waals surface area contributed by atoms with Crippen molar-refractivity contribution < 1.29 is 28.0 Å². The first kappa shape index (κ1) is 25.7. The molecular formula is C20H24N4O8S. The Morgan fingerprint density at radius 2 is 1.82 bits per heavy atom. The van der Waals surface area contributed by atoms with Gasteiger partial charge in [0.05, 0.1) is 28.8 Å². The van der Waals surface area contributed by atoms with E-state index in [9.17, 15) is 33.0 Å². The second-order valence-electron chi connectivity index (χ2n) is 7.43. The number of amides is 1. The van der Waals surface area contributed by atoms with Gasteiger partial charge in [0.25, 0.3) is 16.0 Å². The monoisotopic (exact) mass is 480 g/mol. The molecule has 0 saturated heterocycles. The van der Waals surface area contributed by atoms with Crippen molar-refractivity contribution in [2.75, 3.05) is 33.4 Å². The van der Waals surface area contributed by atoms with Crippen molar-refractivity contribution in [3.8, 4) is 5.75 Å². The molecule has 5 N–H and O–H groups in total. The Morgan fingerprint density at radius 3 is 2.36 bits per heavy atom. The number of nitrogens with zero attached hydrogens (tertiary/aromatic N) is 2. The maximum atomic E-state index is 12.6. The first-order valence-corrected chi connectivity index (χ1v) is 11.3. The van der Waals surface area contributed by atoms with Gasteiger partial charge in [-0.3, -0.25) is 18.9 Å². The largest absolute Gasteiger partial charge is 0.515 e. The fraction of sp³-hybridized carbons (Fsp3) is 0.300. The molecule has 0 aliphatic rings. The van der Waals surface area contributed by atoms with E-state index in [4.69, 9.17) is 4.55 Å². The van der Waals surface area contributed by atoms with Gasteiger partial charge in [0.2, 0.25) is 10.9 Å². The maximum absolute atomic E-state index is 12.6. The molecule has 1 amide bonds. The molecule has 13 heteroatoms. The van der Waals surface area contributed by atoms with Crippen molar-refractivity contribution >= 4 is 44.4 Å². The predicted molar refractivity (Wildman–Crippen MR) is 123 cm³/mol. The zero-order chi connectivity index (χ0) is 25.1. The van der Waals surface area contributed by atoms with E-state index >= 15 is 0 Å². The Hall–Kier alpha value is -3.55. The van der Waals surface area contributed by atoms with E-state index in [1.54, 1.807) is 0 Å². The summed E-state index contributed by atoms with van der Waals surface area (Å²) in [5.41, 5.74) is -0.839. The number of hydrogen-bond acceptors (Lipinski definition) is 9. The third-order valence-corrected chi connectivity index (χ3v) is 4.50. The van der Waals surface area contributed by atoms with Crippen LogP contribution in [0.3, 0.4) is 0 Å².